The molecule has 0 saturated carbocycles. The molecule has 0 fully saturated rings. The van der Waals surface area contributed by atoms with Gasteiger partial charge in [-0.2, -0.15) is 0 Å². The van der Waals surface area contributed by atoms with Crippen molar-refractivity contribution in [3.63, 3.8) is 0 Å². The van der Waals surface area contributed by atoms with Gasteiger partial charge < -0.3 is 10.9 Å². The molecule has 0 amide bonds. The second kappa shape index (κ2) is 4.55. The summed E-state index contributed by atoms with van der Waals surface area (Å²) in [5, 5.41) is 11.3. The first-order chi connectivity index (χ1) is 6.63. The Labute approximate surface area is 82.7 Å². The lowest BCUT2D eigenvalue weighted by Crippen LogP contribution is -2.15. The van der Waals surface area contributed by atoms with Crippen LogP contribution in [0.15, 0.2) is 17.5 Å². The molecule has 0 spiro atoms. The summed E-state index contributed by atoms with van der Waals surface area (Å²) < 4.78 is 0. The van der Waals surface area contributed by atoms with E-state index in [-0.39, 0.29) is 5.84 Å². The molecule has 0 atom stereocenters. The molecule has 0 aromatic carbocycles. The van der Waals surface area contributed by atoms with Crippen LogP contribution in [0.25, 0.3) is 0 Å². The van der Waals surface area contributed by atoms with E-state index in [0.29, 0.717) is 12.3 Å². The second-order valence-corrected chi connectivity index (χ2v) is 3.36. The Balaban J connectivity index is 2.84. The minimum Gasteiger partial charge on any atom is -0.409 e. The molecule has 0 aliphatic carbocycles. The van der Waals surface area contributed by atoms with Crippen LogP contribution in [0.5, 0.6) is 0 Å². The predicted molar refractivity (Wildman–Crippen MR) is 53.2 cm³/mol. The van der Waals surface area contributed by atoms with E-state index in [9.17, 15) is 0 Å². The summed E-state index contributed by atoms with van der Waals surface area (Å²) in [4.78, 5) is 8.14. The van der Waals surface area contributed by atoms with E-state index in [4.69, 9.17) is 10.9 Å². The Kier molecular flexibility index (Phi) is 3.39. The SMILES string of the molecule is CC(C)c1cc(C/C(N)=N/O)ncn1. The molecule has 1 aromatic rings. The Morgan fingerprint density at radius 1 is 1.57 bits per heavy atom. The number of hydrogen-bond acceptors (Lipinski definition) is 4. The zero-order valence-electron chi connectivity index (χ0n) is 8.31. The van der Waals surface area contributed by atoms with E-state index in [0.717, 1.165) is 11.4 Å². The molecule has 0 aliphatic rings. The lowest BCUT2D eigenvalue weighted by molar-refractivity contribution is 0.317. The Hall–Kier alpha value is -1.65. The first kappa shape index (κ1) is 10.4. The van der Waals surface area contributed by atoms with Crippen molar-refractivity contribution in [2.24, 2.45) is 10.9 Å². The van der Waals surface area contributed by atoms with Crippen LogP contribution >= 0.6 is 0 Å². The normalized spacial score (nSPS) is 12.1. The Morgan fingerprint density at radius 2 is 2.29 bits per heavy atom. The zero-order valence-corrected chi connectivity index (χ0v) is 8.31. The van der Waals surface area contributed by atoms with Gasteiger partial charge in [-0.3, -0.25) is 0 Å². The van der Waals surface area contributed by atoms with Crippen molar-refractivity contribution < 1.29 is 5.21 Å². The number of oxime groups is 1. The van der Waals surface area contributed by atoms with Crippen LogP contribution in [-0.2, 0) is 6.42 Å². The molecule has 5 nitrogen and oxygen atoms in total. The van der Waals surface area contributed by atoms with E-state index in [2.05, 4.69) is 29.0 Å². The van der Waals surface area contributed by atoms with Gasteiger partial charge in [0.25, 0.3) is 0 Å². The summed E-state index contributed by atoms with van der Waals surface area (Å²) in [5.74, 6) is 0.502. The topological polar surface area (TPSA) is 84.4 Å². The van der Waals surface area contributed by atoms with Gasteiger partial charge in [-0.25, -0.2) is 9.97 Å². The summed E-state index contributed by atoms with van der Waals surface area (Å²) >= 11 is 0. The van der Waals surface area contributed by atoms with Crippen LogP contribution < -0.4 is 5.73 Å². The standard InChI is InChI=1S/C9H14N4O/c1-6(2)8-3-7(11-5-12-8)4-9(10)13-14/h3,5-6,14H,4H2,1-2H3,(H2,10,13). The molecule has 76 valence electrons. The van der Waals surface area contributed by atoms with Crippen molar-refractivity contribution in [1.29, 1.82) is 0 Å². The van der Waals surface area contributed by atoms with Crippen LogP contribution in [0.3, 0.4) is 0 Å². The molecular weight excluding hydrogens is 180 g/mol. The molecule has 3 N–H and O–H groups in total. The number of nitrogens with two attached hydrogens (primary N) is 1. The third kappa shape index (κ3) is 2.69. The van der Waals surface area contributed by atoms with Gasteiger partial charge in [-0.05, 0) is 12.0 Å². The Bertz CT molecular complexity index is 335. The summed E-state index contributed by atoms with van der Waals surface area (Å²) in [6.07, 6.45) is 1.84. The summed E-state index contributed by atoms with van der Waals surface area (Å²) in [6, 6.07) is 1.86. The first-order valence-corrected chi connectivity index (χ1v) is 4.40. The monoisotopic (exact) mass is 194 g/mol. The third-order valence-electron chi connectivity index (χ3n) is 1.83. The largest absolute Gasteiger partial charge is 0.409 e. The average molecular weight is 194 g/mol. The first-order valence-electron chi connectivity index (χ1n) is 4.40. The van der Waals surface area contributed by atoms with E-state index in [1.165, 1.54) is 6.33 Å². The number of rotatable bonds is 3. The van der Waals surface area contributed by atoms with E-state index < -0.39 is 0 Å². The van der Waals surface area contributed by atoms with Crippen molar-refractivity contribution in [2.45, 2.75) is 26.2 Å². The zero-order chi connectivity index (χ0) is 10.6. The van der Waals surface area contributed by atoms with Crippen LogP contribution in [0, 0.1) is 0 Å². The summed E-state index contributed by atoms with van der Waals surface area (Å²) in [6.45, 7) is 4.10. The maximum absolute atomic E-state index is 8.39. The van der Waals surface area contributed by atoms with Crippen molar-refractivity contribution in [1.82, 2.24) is 9.97 Å². The van der Waals surface area contributed by atoms with Crippen LogP contribution in [-0.4, -0.2) is 21.0 Å². The fraction of sp³-hybridized carbons (Fsp3) is 0.444. The van der Waals surface area contributed by atoms with Crippen LogP contribution in [0.4, 0.5) is 0 Å². The minimum atomic E-state index is 0.151. The molecule has 0 bridgehead atoms. The predicted octanol–water partition coefficient (Wildman–Crippen LogP) is 0.889. The van der Waals surface area contributed by atoms with Crippen molar-refractivity contribution in [3.05, 3.63) is 23.8 Å². The number of nitrogens with zero attached hydrogens (tertiary/aromatic N) is 3. The van der Waals surface area contributed by atoms with Gasteiger partial charge in [0.2, 0.25) is 0 Å². The molecule has 0 radical (unpaired) electrons. The van der Waals surface area contributed by atoms with Gasteiger partial charge in [0.1, 0.15) is 12.2 Å². The lowest BCUT2D eigenvalue weighted by atomic mass is 10.1. The fourth-order valence-electron chi connectivity index (χ4n) is 1.05. The van der Waals surface area contributed by atoms with E-state index in [1.54, 1.807) is 0 Å². The molecule has 0 unspecified atom stereocenters. The highest BCUT2D eigenvalue weighted by Crippen LogP contribution is 2.11. The Morgan fingerprint density at radius 3 is 2.86 bits per heavy atom. The fourth-order valence-corrected chi connectivity index (χ4v) is 1.05. The minimum absolute atomic E-state index is 0.151. The van der Waals surface area contributed by atoms with Crippen LogP contribution in [0.2, 0.25) is 0 Å². The van der Waals surface area contributed by atoms with Gasteiger partial charge in [-0.15, -0.1) is 0 Å². The quantitative estimate of drug-likeness (QED) is 0.324. The lowest BCUT2D eigenvalue weighted by Gasteiger charge is -2.05. The molecule has 5 heteroatoms. The average Bonchev–Trinajstić information content (AvgIpc) is 2.18. The van der Waals surface area contributed by atoms with Gasteiger partial charge in [-0.1, -0.05) is 19.0 Å². The molecule has 0 saturated heterocycles. The van der Waals surface area contributed by atoms with Gasteiger partial charge in [0.15, 0.2) is 0 Å². The van der Waals surface area contributed by atoms with E-state index in [1.807, 2.05) is 6.07 Å². The molecular formula is C9H14N4O. The number of aromatic nitrogens is 2. The molecule has 1 rings (SSSR count). The maximum atomic E-state index is 8.39. The molecule has 1 aromatic heterocycles. The third-order valence-corrected chi connectivity index (χ3v) is 1.83. The van der Waals surface area contributed by atoms with Crippen LogP contribution in [0.1, 0.15) is 31.2 Å². The molecule has 14 heavy (non-hydrogen) atoms. The molecule has 0 aliphatic heterocycles. The summed E-state index contributed by atoms with van der Waals surface area (Å²) in [7, 11) is 0. The van der Waals surface area contributed by atoms with Gasteiger partial charge in [0, 0.05) is 5.69 Å². The highest BCUT2D eigenvalue weighted by Gasteiger charge is 2.04. The van der Waals surface area contributed by atoms with Crippen molar-refractivity contribution in [2.75, 3.05) is 0 Å². The van der Waals surface area contributed by atoms with E-state index >= 15 is 0 Å². The highest BCUT2D eigenvalue weighted by molar-refractivity contribution is 5.81. The number of hydrogen-bond donors (Lipinski definition) is 2. The van der Waals surface area contributed by atoms with Crippen molar-refractivity contribution >= 4 is 5.84 Å². The second-order valence-electron chi connectivity index (χ2n) is 3.36. The van der Waals surface area contributed by atoms with Gasteiger partial charge in [0.05, 0.1) is 12.1 Å². The van der Waals surface area contributed by atoms with Crippen molar-refractivity contribution in [3.8, 4) is 0 Å². The summed E-state index contributed by atoms with van der Waals surface area (Å²) in [5.41, 5.74) is 7.09. The smallest absolute Gasteiger partial charge is 0.145 e. The molecule has 1 heterocycles. The van der Waals surface area contributed by atoms with Gasteiger partial charge >= 0.3 is 0 Å². The maximum Gasteiger partial charge on any atom is 0.145 e. The number of amidine groups is 1. The highest BCUT2D eigenvalue weighted by atomic mass is 16.4.